The lowest BCUT2D eigenvalue weighted by atomic mass is 10.1. The number of imidazole rings is 1. The molecule has 1 aliphatic rings. The van der Waals surface area contributed by atoms with Gasteiger partial charge in [-0.3, -0.25) is 9.36 Å². The van der Waals surface area contributed by atoms with Gasteiger partial charge in [-0.25, -0.2) is 4.98 Å². The van der Waals surface area contributed by atoms with E-state index in [1.54, 1.807) is 24.3 Å². The predicted octanol–water partition coefficient (Wildman–Crippen LogP) is 3.07. The van der Waals surface area contributed by atoms with Gasteiger partial charge in [0.2, 0.25) is 0 Å². The summed E-state index contributed by atoms with van der Waals surface area (Å²) >= 11 is 5.93. The van der Waals surface area contributed by atoms with E-state index in [2.05, 4.69) is 10.3 Å². The SMILES string of the molecule is O=C(NCCc1nccn1C(F)F)C1=Cc2cc(Cl)ccc2OC1. The van der Waals surface area contributed by atoms with E-state index in [1.807, 2.05) is 0 Å². The van der Waals surface area contributed by atoms with Crippen molar-refractivity contribution in [1.82, 2.24) is 14.9 Å². The van der Waals surface area contributed by atoms with E-state index in [0.29, 0.717) is 16.3 Å². The summed E-state index contributed by atoms with van der Waals surface area (Å²) in [6.45, 7) is -2.30. The van der Waals surface area contributed by atoms with Crippen molar-refractivity contribution in [2.75, 3.05) is 13.2 Å². The molecule has 3 rings (SSSR count). The second kappa shape index (κ2) is 7.00. The zero-order valence-electron chi connectivity index (χ0n) is 12.5. The maximum absolute atomic E-state index is 12.7. The number of carbonyl (C=O) groups is 1. The minimum absolute atomic E-state index is 0.145. The Balaban J connectivity index is 1.60. The van der Waals surface area contributed by atoms with E-state index >= 15 is 0 Å². The van der Waals surface area contributed by atoms with Crippen LogP contribution in [0.4, 0.5) is 8.78 Å². The summed E-state index contributed by atoms with van der Waals surface area (Å²) in [4.78, 5) is 16.0. The number of carbonyl (C=O) groups excluding carboxylic acids is 1. The minimum Gasteiger partial charge on any atom is -0.488 e. The highest BCUT2D eigenvalue weighted by molar-refractivity contribution is 6.30. The molecule has 1 aromatic carbocycles. The number of hydrogen-bond acceptors (Lipinski definition) is 3. The van der Waals surface area contributed by atoms with E-state index < -0.39 is 6.55 Å². The molecule has 0 spiro atoms. The van der Waals surface area contributed by atoms with Gasteiger partial charge in [0, 0.05) is 35.9 Å². The number of nitrogens with one attached hydrogen (secondary N) is 1. The molecule has 1 amide bonds. The topological polar surface area (TPSA) is 56.2 Å². The average molecular weight is 354 g/mol. The number of halogens is 3. The third-order valence-corrected chi connectivity index (χ3v) is 3.80. The molecule has 2 heterocycles. The Morgan fingerprint density at radius 1 is 1.46 bits per heavy atom. The summed E-state index contributed by atoms with van der Waals surface area (Å²) < 4.78 is 31.7. The number of ether oxygens (including phenoxy) is 1. The highest BCUT2D eigenvalue weighted by Crippen LogP contribution is 2.28. The largest absolute Gasteiger partial charge is 0.488 e. The second-order valence-electron chi connectivity index (χ2n) is 5.17. The Morgan fingerprint density at radius 3 is 3.08 bits per heavy atom. The molecule has 0 atom stereocenters. The molecule has 2 aromatic rings. The van der Waals surface area contributed by atoms with E-state index in [9.17, 15) is 13.6 Å². The Bertz CT molecular complexity index is 789. The van der Waals surface area contributed by atoms with Crippen LogP contribution in [0.1, 0.15) is 17.9 Å². The molecule has 0 saturated carbocycles. The van der Waals surface area contributed by atoms with Crippen LogP contribution in [0.3, 0.4) is 0 Å². The van der Waals surface area contributed by atoms with Gasteiger partial charge in [0.15, 0.2) is 0 Å². The van der Waals surface area contributed by atoms with Crippen LogP contribution in [0.15, 0.2) is 36.2 Å². The quantitative estimate of drug-likeness (QED) is 0.898. The maximum Gasteiger partial charge on any atom is 0.319 e. The molecular weight excluding hydrogens is 340 g/mol. The van der Waals surface area contributed by atoms with Crippen LogP contribution >= 0.6 is 11.6 Å². The highest BCUT2D eigenvalue weighted by Gasteiger charge is 2.18. The monoisotopic (exact) mass is 353 g/mol. The third kappa shape index (κ3) is 3.56. The number of hydrogen-bond donors (Lipinski definition) is 1. The first-order valence-electron chi connectivity index (χ1n) is 7.25. The zero-order chi connectivity index (χ0) is 17.1. The van der Waals surface area contributed by atoms with Crippen LogP contribution in [0, 0.1) is 0 Å². The molecule has 0 saturated heterocycles. The molecule has 126 valence electrons. The molecule has 5 nitrogen and oxygen atoms in total. The summed E-state index contributed by atoms with van der Waals surface area (Å²) in [5, 5.41) is 3.23. The highest BCUT2D eigenvalue weighted by atomic mass is 35.5. The first kappa shape index (κ1) is 16.4. The van der Waals surface area contributed by atoms with Crippen molar-refractivity contribution in [3.8, 4) is 5.75 Å². The van der Waals surface area contributed by atoms with Gasteiger partial charge < -0.3 is 10.1 Å². The van der Waals surface area contributed by atoms with E-state index in [0.717, 1.165) is 10.1 Å². The molecule has 8 heteroatoms. The smallest absolute Gasteiger partial charge is 0.319 e. The fourth-order valence-corrected chi connectivity index (χ4v) is 2.58. The molecule has 1 aliphatic heterocycles. The van der Waals surface area contributed by atoms with Gasteiger partial charge in [-0.15, -0.1) is 0 Å². The van der Waals surface area contributed by atoms with Crippen LogP contribution in [0.2, 0.25) is 5.02 Å². The van der Waals surface area contributed by atoms with Gasteiger partial charge in [-0.1, -0.05) is 11.6 Å². The molecule has 0 bridgehead atoms. The van der Waals surface area contributed by atoms with Crippen molar-refractivity contribution in [3.05, 3.63) is 52.6 Å². The lowest BCUT2D eigenvalue weighted by molar-refractivity contribution is -0.117. The molecule has 0 radical (unpaired) electrons. The van der Waals surface area contributed by atoms with Crippen molar-refractivity contribution in [2.45, 2.75) is 13.0 Å². The van der Waals surface area contributed by atoms with E-state index in [-0.39, 0.29) is 31.3 Å². The molecule has 0 aliphatic carbocycles. The van der Waals surface area contributed by atoms with Crippen LogP contribution < -0.4 is 10.1 Å². The maximum atomic E-state index is 12.7. The molecule has 1 aromatic heterocycles. The number of fused-ring (bicyclic) bond motifs is 1. The minimum atomic E-state index is -2.64. The lowest BCUT2D eigenvalue weighted by Gasteiger charge is -2.17. The Kier molecular flexibility index (Phi) is 4.80. The predicted molar refractivity (Wildman–Crippen MR) is 85.1 cm³/mol. The van der Waals surface area contributed by atoms with Crippen LogP contribution in [-0.2, 0) is 11.2 Å². The summed E-state index contributed by atoms with van der Waals surface area (Å²) in [5.41, 5.74) is 1.18. The Morgan fingerprint density at radius 2 is 2.29 bits per heavy atom. The Labute approximate surface area is 141 Å². The second-order valence-corrected chi connectivity index (χ2v) is 5.61. The van der Waals surface area contributed by atoms with Crippen molar-refractivity contribution >= 4 is 23.6 Å². The first-order chi connectivity index (χ1) is 11.5. The van der Waals surface area contributed by atoms with Crippen molar-refractivity contribution in [1.29, 1.82) is 0 Å². The van der Waals surface area contributed by atoms with E-state index in [1.165, 1.54) is 12.4 Å². The summed E-state index contributed by atoms with van der Waals surface area (Å²) in [6, 6.07) is 5.17. The van der Waals surface area contributed by atoms with Gasteiger partial charge in [0.25, 0.3) is 5.91 Å². The van der Waals surface area contributed by atoms with Crippen molar-refractivity contribution < 1.29 is 18.3 Å². The van der Waals surface area contributed by atoms with Crippen LogP contribution in [0.25, 0.3) is 6.08 Å². The molecule has 24 heavy (non-hydrogen) atoms. The number of nitrogens with zero attached hydrogens (tertiary/aromatic N) is 2. The molecule has 0 unspecified atom stereocenters. The fourth-order valence-electron chi connectivity index (χ4n) is 2.40. The van der Waals surface area contributed by atoms with Crippen LogP contribution in [0.5, 0.6) is 5.75 Å². The lowest BCUT2D eigenvalue weighted by Crippen LogP contribution is -2.30. The summed E-state index contributed by atoms with van der Waals surface area (Å²) in [5.74, 6) is 0.571. The summed E-state index contributed by atoms with van der Waals surface area (Å²) in [7, 11) is 0. The van der Waals surface area contributed by atoms with Crippen molar-refractivity contribution in [3.63, 3.8) is 0 Å². The van der Waals surface area contributed by atoms with Gasteiger partial charge in [0.1, 0.15) is 18.2 Å². The van der Waals surface area contributed by atoms with Gasteiger partial charge in [0.05, 0.1) is 5.57 Å². The number of amides is 1. The third-order valence-electron chi connectivity index (χ3n) is 3.57. The van der Waals surface area contributed by atoms with Crippen LogP contribution in [-0.4, -0.2) is 28.6 Å². The normalized spacial score (nSPS) is 13.2. The average Bonchev–Trinajstić information content (AvgIpc) is 3.02. The molecule has 1 N–H and O–H groups in total. The first-order valence-corrected chi connectivity index (χ1v) is 7.63. The molecular formula is C16H14ClF2N3O2. The Hall–Kier alpha value is -2.41. The number of alkyl halides is 2. The standard InChI is InChI=1S/C16H14ClF2N3O2/c17-12-1-2-13-10(8-12)7-11(9-24-13)15(23)21-4-3-14-20-5-6-22(14)16(18)19/h1-2,5-8,16H,3-4,9H2,(H,21,23). The van der Waals surface area contributed by atoms with E-state index in [4.69, 9.17) is 16.3 Å². The van der Waals surface area contributed by atoms with Gasteiger partial charge >= 0.3 is 6.55 Å². The number of aromatic nitrogens is 2. The van der Waals surface area contributed by atoms with Gasteiger partial charge in [-0.05, 0) is 24.3 Å². The van der Waals surface area contributed by atoms with Gasteiger partial charge in [-0.2, -0.15) is 8.78 Å². The summed E-state index contributed by atoms with van der Waals surface area (Å²) in [6.07, 6.45) is 4.43. The number of rotatable bonds is 5. The van der Waals surface area contributed by atoms with Crippen molar-refractivity contribution in [2.24, 2.45) is 0 Å². The molecule has 0 fully saturated rings. The fraction of sp³-hybridized carbons (Fsp3) is 0.250. The zero-order valence-corrected chi connectivity index (χ0v) is 13.3. The number of benzene rings is 1.